The number of hydrogen-bond acceptors (Lipinski definition) is 4. The van der Waals surface area contributed by atoms with E-state index in [1.807, 2.05) is 6.07 Å². The number of carbonyl (C=O) groups is 1. The molecule has 12 heavy (non-hydrogen) atoms. The van der Waals surface area contributed by atoms with E-state index in [1.165, 1.54) is 0 Å². The summed E-state index contributed by atoms with van der Waals surface area (Å²) >= 11 is 0. The predicted molar refractivity (Wildman–Crippen MR) is 40.7 cm³/mol. The van der Waals surface area contributed by atoms with Crippen molar-refractivity contribution in [3.05, 3.63) is 0 Å². The van der Waals surface area contributed by atoms with Crippen molar-refractivity contribution in [3.8, 4) is 6.07 Å². The molecule has 0 unspecified atom stereocenters. The maximum absolute atomic E-state index is 11.0. The van der Waals surface area contributed by atoms with Crippen LogP contribution in [0.3, 0.4) is 0 Å². The maximum Gasteiger partial charge on any atom is 0.239 e. The monoisotopic (exact) mass is 169 g/mol. The van der Waals surface area contributed by atoms with Gasteiger partial charge in [0.1, 0.15) is 6.04 Å². The Bertz CT molecular complexity index is 211. The number of amides is 1. The minimum atomic E-state index is -0.312. The van der Waals surface area contributed by atoms with Gasteiger partial charge < -0.3 is 5.32 Å². The highest BCUT2D eigenvalue weighted by molar-refractivity contribution is 5.81. The van der Waals surface area contributed by atoms with E-state index in [4.69, 9.17) is 10.1 Å². The molecule has 0 saturated carbocycles. The molecule has 0 bridgehead atoms. The van der Waals surface area contributed by atoms with Crippen LogP contribution in [0.15, 0.2) is 0 Å². The van der Waals surface area contributed by atoms with E-state index in [2.05, 4.69) is 10.8 Å². The zero-order valence-corrected chi connectivity index (χ0v) is 6.83. The first-order valence-corrected chi connectivity index (χ1v) is 3.77. The van der Waals surface area contributed by atoms with Gasteiger partial charge in [0.2, 0.25) is 5.91 Å². The Morgan fingerprint density at radius 2 is 2.67 bits per heavy atom. The summed E-state index contributed by atoms with van der Waals surface area (Å²) in [6.07, 6.45) is 0.727. The van der Waals surface area contributed by atoms with Gasteiger partial charge in [-0.15, -0.1) is 0 Å². The fourth-order valence-electron chi connectivity index (χ4n) is 1.10. The van der Waals surface area contributed by atoms with Crippen molar-refractivity contribution in [1.29, 1.82) is 5.26 Å². The Kier molecular flexibility index (Phi) is 3.02. The van der Waals surface area contributed by atoms with Crippen molar-refractivity contribution in [2.45, 2.75) is 25.0 Å². The van der Waals surface area contributed by atoms with Crippen LogP contribution in [0, 0.1) is 11.3 Å². The lowest BCUT2D eigenvalue weighted by molar-refractivity contribution is -0.123. The van der Waals surface area contributed by atoms with Crippen LogP contribution in [0.2, 0.25) is 0 Å². The summed E-state index contributed by atoms with van der Waals surface area (Å²) in [7, 11) is 1.57. The minimum Gasteiger partial charge on any atom is -0.358 e. The average Bonchev–Trinajstić information content (AvgIpc) is 2.52. The van der Waals surface area contributed by atoms with Gasteiger partial charge in [0, 0.05) is 13.5 Å². The topological polar surface area (TPSA) is 74.2 Å². The molecule has 0 aromatic rings. The molecule has 66 valence electrons. The van der Waals surface area contributed by atoms with Crippen LogP contribution in [-0.2, 0) is 9.63 Å². The molecule has 1 aliphatic rings. The van der Waals surface area contributed by atoms with Crippen LogP contribution in [0.25, 0.3) is 0 Å². The largest absolute Gasteiger partial charge is 0.358 e. The van der Waals surface area contributed by atoms with E-state index in [0.717, 1.165) is 0 Å². The standard InChI is InChI=1S/C7H11N3O2/c1-9-7(11)6-4-5(2-3-8)12-10-6/h5-6,10H,2,4H2,1H3,(H,9,11)/t5-,6+/m1/s1. The van der Waals surface area contributed by atoms with E-state index < -0.39 is 0 Å². The van der Waals surface area contributed by atoms with Crippen LogP contribution in [0.4, 0.5) is 0 Å². The summed E-state index contributed by atoms with van der Waals surface area (Å²) in [5.41, 5.74) is 2.58. The molecule has 2 N–H and O–H groups in total. The molecule has 5 nitrogen and oxygen atoms in total. The molecule has 2 atom stereocenters. The summed E-state index contributed by atoms with van der Waals surface area (Å²) in [4.78, 5) is 16.0. The van der Waals surface area contributed by atoms with E-state index in [-0.39, 0.29) is 18.1 Å². The fraction of sp³-hybridized carbons (Fsp3) is 0.714. The molecular weight excluding hydrogens is 158 g/mol. The van der Waals surface area contributed by atoms with Crippen LogP contribution in [0.5, 0.6) is 0 Å². The molecule has 1 saturated heterocycles. The van der Waals surface area contributed by atoms with Crippen LogP contribution in [0.1, 0.15) is 12.8 Å². The Morgan fingerprint density at radius 1 is 1.92 bits per heavy atom. The highest BCUT2D eigenvalue weighted by atomic mass is 16.7. The van der Waals surface area contributed by atoms with Gasteiger partial charge in [0.15, 0.2) is 0 Å². The second kappa shape index (κ2) is 4.04. The summed E-state index contributed by atoms with van der Waals surface area (Å²) in [5, 5.41) is 10.9. The van der Waals surface area contributed by atoms with E-state index in [1.54, 1.807) is 7.05 Å². The second-order valence-corrected chi connectivity index (χ2v) is 2.62. The van der Waals surface area contributed by atoms with E-state index in [0.29, 0.717) is 12.8 Å². The third kappa shape index (κ3) is 1.94. The normalized spacial score (nSPS) is 28.0. The van der Waals surface area contributed by atoms with Crippen LogP contribution < -0.4 is 10.8 Å². The lowest BCUT2D eigenvalue weighted by Crippen LogP contribution is -2.37. The molecule has 0 aromatic heterocycles. The number of likely N-dealkylation sites (N-methyl/N-ethyl adjacent to an activating group) is 1. The Balaban J connectivity index is 2.36. The molecule has 0 spiro atoms. The highest BCUT2D eigenvalue weighted by Crippen LogP contribution is 2.12. The Morgan fingerprint density at radius 3 is 3.25 bits per heavy atom. The summed E-state index contributed by atoms with van der Waals surface area (Å²) in [5.74, 6) is -0.101. The first-order valence-electron chi connectivity index (χ1n) is 3.77. The molecule has 0 radical (unpaired) electrons. The molecule has 1 fully saturated rings. The van der Waals surface area contributed by atoms with Crippen molar-refractivity contribution >= 4 is 5.91 Å². The lowest BCUT2D eigenvalue weighted by Gasteiger charge is -2.04. The molecule has 5 heteroatoms. The molecule has 1 amide bonds. The zero-order valence-electron chi connectivity index (χ0n) is 6.83. The molecule has 0 aromatic carbocycles. The van der Waals surface area contributed by atoms with Crippen molar-refractivity contribution in [2.75, 3.05) is 7.05 Å². The molecule has 1 rings (SSSR count). The number of rotatable bonds is 2. The van der Waals surface area contributed by atoms with Gasteiger partial charge >= 0.3 is 0 Å². The third-order valence-corrected chi connectivity index (χ3v) is 1.76. The van der Waals surface area contributed by atoms with Gasteiger partial charge in [-0.25, -0.2) is 0 Å². The second-order valence-electron chi connectivity index (χ2n) is 2.62. The van der Waals surface area contributed by atoms with E-state index in [9.17, 15) is 4.79 Å². The first kappa shape index (κ1) is 8.97. The first-order chi connectivity index (χ1) is 5.77. The summed E-state index contributed by atoms with van der Waals surface area (Å²) in [6.45, 7) is 0. The van der Waals surface area contributed by atoms with Crippen LogP contribution >= 0.6 is 0 Å². The lowest BCUT2D eigenvalue weighted by atomic mass is 10.1. The number of hydrogen-bond donors (Lipinski definition) is 2. The van der Waals surface area contributed by atoms with Crippen molar-refractivity contribution in [1.82, 2.24) is 10.8 Å². The molecule has 0 aliphatic carbocycles. The SMILES string of the molecule is CNC(=O)[C@@H]1C[C@@H](CC#N)ON1. The summed E-state index contributed by atoms with van der Waals surface area (Å²) in [6, 6.07) is 1.68. The van der Waals surface area contributed by atoms with Gasteiger partial charge in [-0.3, -0.25) is 9.63 Å². The van der Waals surface area contributed by atoms with Crippen molar-refractivity contribution < 1.29 is 9.63 Å². The fourth-order valence-corrected chi connectivity index (χ4v) is 1.10. The molecular formula is C7H11N3O2. The predicted octanol–water partition coefficient (Wildman–Crippen LogP) is -0.692. The Hall–Kier alpha value is -1.12. The smallest absolute Gasteiger partial charge is 0.239 e. The zero-order chi connectivity index (χ0) is 8.97. The number of carbonyl (C=O) groups excluding carboxylic acids is 1. The number of hydroxylamine groups is 1. The van der Waals surface area contributed by atoms with Crippen LogP contribution in [-0.4, -0.2) is 25.1 Å². The third-order valence-electron chi connectivity index (χ3n) is 1.76. The van der Waals surface area contributed by atoms with Gasteiger partial charge in [-0.05, 0) is 0 Å². The number of nitrogens with one attached hydrogen (secondary N) is 2. The number of nitriles is 1. The Labute approximate surface area is 70.6 Å². The number of nitrogens with zero attached hydrogens (tertiary/aromatic N) is 1. The maximum atomic E-state index is 11.0. The van der Waals surface area contributed by atoms with Gasteiger partial charge in [0.05, 0.1) is 18.6 Å². The molecule has 1 heterocycles. The van der Waals surface area contributed by atoms with Gasteiger partial charge in [-0.1, -0.05) is 0 Å². The highest BCUT2D eigenvalue weighted by Gasteiger charge is 2.29. The average molecular weight is 169 g/mol. The minimum absolute atomic E-state index is 0.101. The van der Waals surface area contributed by atoms with Gasteiger partial charge in [0.25, 0.3) is 0 Å². The molecule has 1 aliphatic heterocycles. The van der Waals surface area contributed by atoms with E-state index >= 15 is 0 Å². The van der Waals surface area contributed by atoms with Gasteiger partial charge in [-0.2, -0.15) is 10.7 Å². The van der Waals surface area contributed by atoms with Crippen molar-refractivity contribution in [2.24, 2.45) is 0 Å². The van der Waals surface area contributed by atoms with Crippen molar-refractivity contribution in [3.63, 3.8) is 0 Å². The quantitative estimate of drug-likeness (QED) is 0.573. The summed E-state index contributed by atoms with van der Waals surface area (Å²) < 4.78 is 0.